The molecule has 0 radical (unpaired) electrons. The fourth-order valence-corrected chi connectivity index (χ4v) is 4.00. The molecule has 4 aromatic rings. The number of non-ortho nitro benzene ring substituents is 1. The van der Waals surface area contributed by atoms with Gasteiger partial charge in [-0.1, -0.05) is 11.3 Å². The van der Waals surface area contributed by atoms with Gasteiger partial charge in [0.25, 0.3) is 17.2 Å². The van der Waals surface area contributed by atoms with Crippen LogP contribution in [0.25, 0.3) is 21.4 Å². The van der Waals surface area contributed by atoms with Gasteiger partial charge in [-0.2, -0.15) is 0 Å². The maximum atomic E-state index is 12.4. The summed E-state index contributed by atoms with van der Waals surface area (Å²) in [5, 5.41) is 13.5. The molecule has 0 aliphatic carbocycles. The number of aromatic nitrogens is 5. The van der Waals surface area contributed by atoms with Gasteiger partial charge in [-0.25, -0.2) is 14.8 Å². The molecular weight excluding hydrogens is 458 g/mol. The van der Waals surface area contributed by atoms with Crippen LogP contribution in [0.1, 0.15) is 0 Å². The van der Waals surface area contributed by atoms with E-state index in [1.807, 2.05) is 0 Å². The lowest BCUT2D eigenvalue weighted by Crippen LogP contribution is -2.37. The summed E-state index contributed by atoms with van der Waals surface area (Å²) in [6.07, 6.45) is 1.23. The Bertz CT molecular complexity index is 1560. The maximum absolute atomic E-state index is 12.4. The van der Waals surface area contributed by atoms with E-state index < -0.39 is 41.2 Å². The van der Waals surface area contributed by atoms with Gasteiger partial charge in [0.2, 0.25) is 0 Å². The second-order valence-corrected chi connectivity index (χ2v) is 7.92. The fraction of sp³-hybridized carbons (Fsp3) is 0.222. The number of rotatable bonds is 6. The van der Waals surface area contributed by atoms with Gasteiger partial charge >= 0.3 is 11.7 Å². The number of fused-ring (bicyclic) bond motifs is 2. The van der Waals surface area contributed by atoms with Gasteiger partial charge in [-0.15, -0.1) is 0 Å². The number of carbonyl (C=O) groups is 2. The minimum Gasteiger partial charge on any atom is -0.454 e. The number of hydrogen-bond acceptors (Lipinski definition) is 10. The molecule has 0 saturated heterocycles. The molecule has 15 heteroatoms. The number of esters is 1. The Hall–Kier alpha value is -4.40. The van der Waals surface area contributed by atoms with Crippen molar-refractivity contribution >= 4 is 55.4 Å². The lowest BCUT2D eigenvalue weighted by molar-refractivity contribution is -0.384. The van der Waals surface area contributed by atoms with Crippen LogP contribution in [-0.4, -0.2) is 47.1 Å². The van der Waals surface area contributed by atoms with Crippen molar-refractivity contribution in [3.8, 4) is 0 Å². The zero-order valence-electron chi connectivity index (χ0n) is 17.2. The number of ether oxygens (including phenoxy) is 1. The quantitative estimate of drug-likeness (QED) is 0.232. The largest absolute Gasteiger partial charge is 0.454 e. The van der Waals surface area contributed by atoms with E-state index in [2.05, 4.69) is 15.3 Å². The van der Waals surface area contributed by atoms with E-state index in [1.165, 1.54) is 47.8 Å². The topological polar surface area (TPSA) is 173 Å². The third kappa shape index (κ3) is 4.08. The van der Waals surface area contributed by atoms with Crippen molar-refractivity contribution in [3.63, 3.8) is 0 Å². The van der Waals surface area contributed by atoms with Crippen molar-refractivity contribution in [1.29, 1.82) is 0 Å². The summed E-state index contributed by atoms with van der Waals surface area (Å²) in [6, 6.07) is 4.12. The highest BCUT2D eigenvalue weighted by Crippen LogP contribution is 2.29. The molecular formula is C18H15N7O7S. The van der Waals surface area contributed by atoms with Crippen molar-refractivity contribution in [1.82, 2.24) is 23.7 Å². The van der Waals surface area contributed by atoms with Crippen LogP contribution >= 0.6 is 11.3 Å². The molecule has 0 saturated carbocycles. The smallest absolute Gasteiger partial charge is 0.332 e. The summed E-state index contributed by atoms with van der Waals surface area (Å²) < 4.78 is 8.78. The summed E-state index contributed by atoms with van der Waals surface area (Å²) in [7, 11) is 2.76. The fourth-order valence-electron chi connectivity index (χ4n) is 3.08. The molecule has 3 heterocycles. The number of hydrogen-bond donors (Lipinski definition) is 1. The Balaban J connectivity index is 1.41. The van der Waals surface area contributed by atoms with E-state index in [9.17, 15) is 29.3 Å². The number of amides is 1. The van der Waals surface area contributed by atoms with Gasteiger partial charge in [0.15, 0.2) is 22.9 Å². The standard InChI is InChI=1S/C18H15N7O7S/c1-22-15-14(16(28)23(2)18(22)29)24(8-19-15)6-13(27)32-7-12(26)21-17-20-10-4-3-9(25(30)31)5-11(10)33-17/h3-5,8H,6-7H2,1-2H3,(H,20,21,26). The molecule has 0 atom stereocenters. The Morgan fingerprint density at radius 2 is 2.00 bits per heavy atom. The van der Waals surface area contributed by atoms with Crippen LogP contribution in [-0.2, 0) is 35.0 Å². The summed E-state index contributed by atoms with van der Waals surface area (Å²) in [5.74, 6) is -1.47. The van der Waals surface area contributed by atoms with E-state index in [-0.39, 0.29) is 22.0 Å². The van der Waals surface area contributed by atoms with Gasteiger partial charge in [0.1, 0.15) is 6.54 Å². The zero-order valence-corrected chi connectivity index (χ0v) is 18.0. The normalized spacial score (nSPS) is 11.1. The van der Waals surface area contributed by atoms with Crippen LogP contribution in [0.15, 0.2) is 34.1 Å². The third-order valence-corrected chi connectivity index (χ3v) is 5.64. The molecule has 1 N–H and O–H groups in total. The monoisotopic (exact) mass is 473 g/mol. The number of aryl methyl sites for hydroxylation is 1. The molecule has 170 valence electrons. The summed E-state index contributed by atoms with van der Waals surface area (Å²) >= 11 is 1.04. The first kappa shape index (κ1) is 21.8. The number of nitrogens with zero attached hydrogens (tertiary/aromatic N) is 6. The maximum Gasteiger partial charge on any atom is 0.332 e. The van der Waals surface area contributed by atoms with Gasteiger partial charge in [-0.3, -0.25) is 38.9 Å². The number of nitro benzene ring substituents is 1. The van der Waals surface area contributed by atoms with Crippen molar-refractivity contribution in [3.05, 3.63) is 55.5 Å². The van der Waals surface area contributed by atoms with E-state index in [4.69, 9.17) is 4.74 Å². The lowest BCUT2D eigenvalue weighted by atomic mass is 10.3. The third-order valence-electron chi connectivity index (χ3n) is 4.71. The average Bonchev–Trinajstić information content (AvgIpc) is 3.37. The van der Waals surface area contributed by atoms with Crippen molar-refractivity contribution in [2.45, 2.75) is 6.54 Å². The molecule has 4 rings (SSSR count). The van der Waals surface area contributed by atoms with Gasteiger partial charge in [-0.05, 0) is 6.07 Å². The minimum atomic E-state index is -0.805. The van der Waals surface area contributed by atoms with E-state index in [1.54, 1.807) is 0 Å². The van der Waals surface area contributed by atoms with Crippen molar-refractivity contribution in [2.24, 2.45) is 14.1 Å². The van der Waals surface area contributed by atoms with Crippen LogP contribution in [0, 0.1) is 10.1 Å². The molecule has 0 bridgehead atoms. The number of carbonyl (C=O) groups excluding carboxylic acids is 2. The summed E-state index contributed by atoms with van der Waals surface area (Å²) in [5.41, 5.74) is -0.635. The van der Waals surface area contributed by atoms with Crippen molar-refractivity contribution in [2.75, 3.05) is 11.9 Å². The number of nitrogens with one attached hydrogen (secondary N) is 1. The van der Waals surface area contributed by atoms with E-state index in [0.717, 1.165) is 15.9 Å². The molecule has 0 aliphatic heterocycles. The molecule has 0 unspecified atom stereocenters. The van der Waals surface area contributed by atoms with Crippen molar-refractivity contribution < 1.29 is 19.2 Å². The number of thiazole rings is 1. The highest BCUT2D eigenvalue weighted by Gasteiger charge is 2.18. The summed E-state index contributed by atoms with van der Waals surface area (Å²) in [6.45, 7) is -1.01. The van der Waals surface area contributed by atoms with Crippen LogP contribution < -0.4 is 16.6 Å². The Labute approximate surface area is 186 Å². The van der Waals surface area contributed by atoms with Crippen LogP contribution in [0.5, 0.6) is 0 Å². The number of imidazole rings is 1. The number of anilines is 1. The Morgan fingerprint density at radius 1 is 1.24 bits per heavy atom. The van der Waals surface area contributed by atoms with Crippen LogP contribution in [0.3, 0.4) is 0 Å². The van der Waals surface area contributed by atoms with Gasteiger partial charge in [0, 0.05) is 26.2 Å². The predicted octanol–water partition coefficient (Wildman–Crippen LogP) is 0.133. The van der Waals surface area contributed by atoms with E-state index >= 15 is 0 Å². The van der Waals surface area contributed by atoms with Crippen LogP contribution in [0.4, 0.5) is 10.8 Å². The molecule has 1 aromatic carbocycles. The lowest BCUT2D eigenvalue weighted by Gasteiger charge is -2.07. The first-order valence-corrected chi connectivity index (χ1v) is 10.1. The molecule has 3 aromatic heterocycles. The highest BCUT2D eigenvalue weighted by molar-refractivity contribution is 7.22. The second-order valence-electron chi connectivity index (χ2n) is 6.89. The minimum absolute atomic E-state index is 0.0459. The summed E-state index contributed by atoms with van der Waals surface area (Å²) in [4.78, 5) is 67.2. The Morgan fingerprint density at radius 3 is 2.73 bits per heavy atom. The molecule has 0 fully saturated rings. The average molecular weight is 473 g/mol. The SMILES string of the molecule is Cn1c(=O)c2c(ncn2CC(=O)OCC(=O)Nc2nc3ccc([N+](=O)[O-])cc3s2)n(C)c1=O. The zero-order chi connectivity index (χ0) is 23.9. The van der Waals surface area contributed by atoms with Gasteiger partial charge < -0.3 is 9.30 Å². The second kappa shape index (κ2) is 8.27. The first-order valence-electron chi connectivity index (χ1n) is 9.27. The number of nitro groups is 1. The highest BCUT2D eigenvalue weighted by atomic mass is 32.1. The molecule has 14 nitrogen and oxygen atoms in total. The molecule has 0 spiro atoms. The first-order chi connectivity index (χ1) is 15.7. The molecule has 33 heavy (non-hydrogen) atoms. The predicted molar refractivity (Wildman–Crippen MR) is 116 cm³/mol. The molecule has 1 amide bonds. The molecule has 0 aliphatic rings. The van der Waals surface area contributed by atoms with E-state index in [0.29, 0.717) is 10.2 Å². The number of benzene rings is 1. The van der Waals surface area contributed by atoms with Gasteiger partial charge in [0.05, 0.1) is 21.5 Å². The Kier molecular flexibility index (Phi) is 5.47. The van der Waals surface area contributed by atoms with Crippen LogP contribution in [0.2, 0.25) is 0 Å².